The summed E-state index contributed by atoms with van der Waals surface area (Å²) < 4.78 is 32.4. The third-order valence-corrected chi connectivity index (χ3v) is 6.32. The summed E-state index contributed by atoms with van der Waals surface area (Å²) in [5.74, 6) is 0. The van der Waals surface area contributed by atoms with Crippen LogP contribution in [0.3, 0.4) is 0 Å². The standard InChI is InChI=1S/C28H21ClO3S/c29-27-19-12-22(13-20-27)6-5-21-7-14-24(15-8-21)25-16-9-23(10-17-25)11-18-26-3-1-2-4-28(26)33(30,31)32/h1-20H,(H,30,31,32)/b6-5+,18-11+. The molecule has 4 aromatic rings. The van der Waals surface area contributed by atoms with Gasteiger partial charge < -0.3 is 0 Å². The predicted octanol–water partition coefficient (Wildman–Crippen LogP) is 7.59. The number of halogens is 1. The monoisotopic (exact) mass is 472 g/mol. The summed E-state index contributed by atoms with van der Waals surface area (Å²) in [6.07, 6.45) is 7.61. The Bertz CT molecular complexity index is 1400. The summed E-state index contributed by atoms with van der Waals surface area (Å²) >= 11 is 5.92. The minimum absolute atomic E-state index is 0.108. The van der Waals surface area contributed by atoms with Gasteiger partial charge in [0.1, 0.15) is 4.90 Å². The maximum Gasteiger partial charge on any atom is 0.295 e. The molecule has 3 nitrogen and oxygen atoms in total. The van der Waals surface area contributed by atoms with Crippen LogP contribution in [0.25, 0.3) is 35.4 Å². The Balaban J connectivity index is 1.46. The number of benzene rings is 4. The van der Waals surface area contributed by atoms with Crippen LogP contribution >= 0.6 is 11.6 Å². The first-order chi connectivity index (χ1) is 15.9. The number of hydrogen-bond acceptors (Lipinski definition) is 2. The lowest BCUT2D eigenvalue weighted by atomic mass is 10.0. The van der Waals surface area contributed by atoms with Gasteiger partial charge in [-0.2, -0.15) is 8.42 Å². The van der Waals surface area contributed by atoms with Crippen LogP contribution in [0.1, 0.15) is 22.3 Å². The molecule has 5 heteroatoms. The zero-order chi connectivity index (χ0) is 23.3. The second-order valence-electron chi connectivity index (χ2n) is 7.48. The molecular formula is C28H21ClO3S. The van der Waals surface area contributed by atoms with Crippen LogP contribution < -0.4 is 0 Å². The molecule has 0 aliphatic heterocycles. The summed E-state index contributed by atoms with van der Waals surface area (Å²) in [6, 6.07) is 30.3. The van der Waals surface area contributed by atoms with Crippen LogP contribution in [0.4, 0.5) is 0 Å². The molecule has 0 amide bonds. The fourth-order valence-electron chi connectivity index (χ4n) is 3.38. The third kappa shape index (κ3) is 6.08. The quantitative estimate of drug-likeness (QED) is 0.232. The predicted molar refractivity (Wildman–Crippen MR) is 137 cm³/mol. The summed E-state index contributed by atoms with van der Waals surface area (Å²) in [5.41, 5.74) is 5.74. The van der Waals surface area contributed by atoms with E-state index in [0.717, 1.165) is 32.8 Å². The first-order valence-electron chi connectivity index (χ1n) is 10.3. The minimum Gasteiger partial charge on any atom is -0.282 e. The lowest BCUT2D eigenvalue weighted by molar-refractivity contribution is 0.483. The van der Waals surface area contributed by atoms with E-state index in [9.17, 15) is 13.0 Å². The van der Waals surface area contributed by atoms with E-state index in [4.69, 9.17) is 11.6 Å². The second kappa shape index (κ2) is 10.0. The normalized spacial score (nSPS) is 11.9. The van der Waals surface area contributed by atoms with E-state index in [1.54, 1.807) is 24.3 Å². The zero-order valence-electron chi connectivity index (χ0n) is 17.6. The third-order valence-electron chi connectivity index (χ3n) is 5.15. The van der Waals surface area contributed by atoms with Crippen molar-refractivity contribution in [2.75, 3.05) is 0 Å². The summed E-state index contributed by atoms with van der Waals surface area (Å²) in [4.78, 5) is -0.108. The van der Waals surface area contributed by atoms with Crippen molar-refractivity contribution < 1.29 is 13.0 Å². The molecule has 0 unspecified atom stereocenters. The molecule has 0 heterocycles. The van der Waals surface area contributed by atoms with Gasteiger partial charge in [-0.05, 0) is 51.6 Å². The van der Waals surface area contributed by atoms with Crippen molar-refractivity contribution >= 4 is 46.0 Å². The Labute approximate surface area is 199 Å². The van der Waals surface area contributed by atoms with Crippen LogP contribution in [-0.2, 0) is 10.1 Å². The van der Waals surface area contributed by atoms with Gasteiger partial charge in [-0.1, -0.05) is 115 Å². The van der Waals surface area contributed by atoms with Gasteiger partial charge in [0, 0.05) is 5.02 Å². The van der Waals surface area contributed by atoms with E-state index in [2.05, 4.69) is 30.3 Å². The Morgan fingerprint density at radius 3 is 1.48 bits per heavy atom. The van der Waals surface area contributed by atoms with E-state index in [1.807, 2.05) is 60.7 Å². The molecule has 0 radical (unpaired) electrons. The largest absolute Gasteiger partial charge is 0.295 e. The van der Waals surface area contributed by atoms with Crippen molar-refractivity contribution in [3.05, 3.63) is 124 Å². The van der Waals surface area contributed by atoms with Crippen LogP contribution in [-0.4, -0.2) is 13.0 Å². The highest BCUT2D eigenvalue weighted by molar-refractivity contribution is 7.85. The smallest absolute Gasteiger partial charge is 0.282 e. The molecule has 4 aromatic carbocycles. The highest BCUT2D eigenvalue weighted by atomic mass is 35.5. The molecule has 0 fully saturated rings. The summed E-state index contributed by atoms with van der Waals surface area (Å²) in [5, 5.41) is 0.723. The maximum absolute atomic E-state index is 11.5. The SMILES string of the molecule is O=S(=O)(O)c1ccccc1/C=C/c1ccc(-c2ccc(/C=C/c3ccc(Cl)cc3)cc2)cc1. The van der Waals surface area contributed by atoms with Gasteiger partial charge in [-0.15, -0.1) is 0 Å². The minimum atomic E-state index is -4.27. The van der Waals surface area contributed by atoms with Gasteiger partial charge in [0.05, 0.1) is 0 Å². The van der Waals surface area contributed by atoms with Gasteiger partial charge >= 0.3 is 0 Å². The Kier molecular flexibility index (Phi) is 6.90. The van der Waals surface area contributed by atoms with E-state index >= 15 is 0 Å². The van der Waals surface area contributed by atoms with Gasteiger partial charge in [0.2, 0.25) is 0 Å². The number of hydrogen-bond donors (Lipinski definition) is 1. The van der Waals surface area contributed by atoms with Gasteiger partial charge in [0.15, 0.2) is 0 Å². The van der Waals surface area contributed by atoms with Gasteiger partial charge in [-0.25, -0.2) is 0 Å². The molecule has 0 spiro atoms. The summed E-state index contributed by atoms with van der Waals surface area (Å²) in [7, 11) is -4.27. The number of rotatable bonds is 6. The zero-order valence-corrected chi connectivity index (χ0v) is 19.2. The van der Waals surface area contributed by atoms with Crippen molar-refractivity contribution in [3.8, 4) is 11.1 Å². The molecule has 0 aliphatic carbocycles. The lowest BCUT2D eigenvalue weighted by Gasteiger charge is -2.04. The molecule has 0 aliphatic rings. The van der Waals surface area contributed by atoms with Crippen molar-refractivity contribution in [2.24, 2.45) is 0 Å². The van der Waals surface area contributed by atoms with Crippen LogP contribution in [0.5, 0.6) is 0 Å². The molecule has 0 atom stereocenters. The highest BCUT2D eigenvalue weighted by Gasteiger charge is 2.12. The molecule has 0 aromatic heterocycles. The van der Waals surface area contributed by atoms with Crippen LogP contribution in [0.15, 0.2) is 102 Å². The lowest BCUT2D eigenvalue weighted by Crippen LogP contribution is -2.00. The van der Waals surface area contributed by atoms with Gasteiger partial charge in [0.25, 0.3) is 10.1 Å². The average Bonchev–Trinajstić information content (AvgIpc) is 2.83. The molecule has 33 heavy (non-hydrogen) atoms. The summed E-state index contributed by atoms with van der Waals surface area (Å²) in [6.45, 7) is 0. The second-order valence-corrected chi connectivity index (χ2v) is 9.30. The van der Waals surface area contributed by atoms with Crippen LogP contribution in [0.2, 0.25) is 5.02 Å². The van der Waals surface area contributed by atoms with Crippen molar-refractivity contribution in [1.82, 2.24) is 0 Å². The first kappa shape index (κ1) is 22.7. The van der Waals surface area contributed by atoms with Crippen LogP contribution in [0, 0.1) is 0 Å². The average molecular weight is 473 g/mol. The Morgan fingerprint density at radius 1 is 0.576 bits per heavy atom. The van der Waals surface area contributed by atoms with E-state index in [-0.39, 0.29) is 4.90 Å². The maximum atomic E-state index is 11.5. The first-order valence-corrected chi connectivity index (χ1v) is 12.1. The van der Waals surface area contributed by atoms with E-state index < -0.39 is 10.1 Å². The molecule has 4 rings (SSSR count). The topological polar surface area (TPSA) is 54.4 Å². The molecule has 1 N–H and O–H groups in total. The van der Waals surface area contributed by atoms with Crippen molar-refractivity contribution in [3.63, 3.8) is 0 Å². The molecular weight excluding hydrogens is 452 g/mol. The molecule has 0 saturated carbocycles. The van der Waals surface area contributed by atoms with Crippen molar-refractivity contribution in [1.29, 1.82) is 0 Å². The van der Waals surface area contributed by atoms with Crippen molar-refractivity contribution in [2.45, 2.75) is 4.90 Å². The van der Waals surface area contributed by atoms with E-state index in [1.165, 1.54) is 6.07 Å². The molecule has 0 bridgehead atoms. The van der Waals surface area contributed by atoms with E-state index in [0.29, 0.717) is 5.56 Å². The molecule has 0 saturated heterocycles. The fourth-order valence-corrected chi connectivity index (χ4v) is 4.19. The Hall–Kier alpha value is -3.44. The Morgan fingerprint density at radius 2 is 1.00 bits per heavy atom. The molecule has 164 valence electrons. The highest BCUT2D eigenvalue weighted by Crippen LogP contribution is 2.23. The van der Waals surface area contributed by atoms with Gasteiger partial charge in [-0.3, -0.25) is 4.55 Å². The fraction of sp³-hybridized carbons (Fsp3) is 0.